The second-order valence-corrected chi connectivity index (χ2v) is 8.99. The number of amides is 2. The molecular formula is C23H30N2O7S. The van der Waals surface area contributed by atoms with Crippen LogP contribution in [-0.2, 0) is 31.0 Å². The van der Waals surface area contributed by atoms with E-state index in [1.165, 1.54) is 51.5 Å². The minimum Gasteiger partial charge on any atom is -0.493 e. The van der Waals surface area contributed by atoms with Crippen LogP contribution in [-0.4, -0.2) is 52.0 Å². The number of hydrogen-bond donors (Lipinski definition) is 1. The molecule has 0 fully saturated rings. The fourth-order valence-corrected chi connectivity index (χ4v) is 4.00. The monoisotopic (exact) mass is 478 g/mol. The van der Waals surface area contributed by atoms with Crippen LogP contribution in [0.25, 0.3) is 0 Å². The molecule has 33 heavy (non-hydrogen) atoms. The van der Waals surface area contributed by atoms with Crippen LogP contribution in [0.3, 0.4) is 0 Å². The van der Waals surface area contributed by atoms with E-state index >= 15 is 0 Å². The zero-order valence-corrected chi connectivity index (χ0v) is 20.3. The van der Waals surface area contributed by atoms with Gasteiger partial charge in [-0.25, -0.2) is 0 Å². The van der Waals surface area contributed by atoms with Crippen LogP contribution in [0.5, 0.6) is 11.5 Å². The van der Waals surface area contributed by atoms with Gasteiger partial charge < -0.3 is 23.9 Å². The van der Waals surface area contributed by atoms with Crippen LogP contribution in [0.2, 0.25) is 0 Å². The van der Waals surface area contributed by atoms with Crippen molar-refractivity contribution in [1.82, 2.24) is 4.90 Å². The van der Waals surface area contributed by atoms with E-state index < -0.39 is 10.1 Å². The Hall–Kier alpha value is -3.11. The molecule has 2 rings (SSSR count). The van der Waals surface area contributed by atoms with Gasteiger partial charge in [-0.05, 0) is 55.3 Å². The fourth-order valence-electron chi connectivity index (χ4n) is 3.07. The molecule has 0 radical (unpaired) electrons. The highest BCUT2D eigenvalue weighted by atomic mass is 32.2. The molecule has 0 aliphatic rings. The number of benzene rings is 2. The molecule has 9 nitrogen and oxygen atoms in total. The summed E-state index contributed by atoms with van der Waals surface area (Å²) in [6.45, 7) is 5.47. The predicted molar refractivity (Wildman–Crippen MR) is 124 cm³/mol. The van der Waals surface area contributed by atoms with Crippen molar-refractivity contribution in [2.45, 2.75) is 44.7 Å². The normalized spacial score (nSPS) is 12.0. The van der Waals surface area contributed by atoms with Gasteiger partial charge >= 0.3 is 10.1 Å². The first-order chi connectivity index (χ1) is 15.6. The van der Waals surface area contributed by atoms with E-state index in [2.05, 4.69) is 5.32 Å². The summed E-state index contributed by atoms with van der Waals surface area (Å²) in [6.07, 6.45) is 0.748. The van der Waals surface area contributed by atoms with Crippen molar-refractivity contribution in [1.29, 1.82) is 0 Å². The van der Waals surface area contributed by atoms with Gasteiger partial charge in [-0.3, -0.25) is 9.59 Å². The number of nitrogens with one attached hydrogen (secondary N) is 1. The van der Waals surface area contributed by atoms with Gasteiger partial charge in [0.2, 0.25) is 11.8 Å². The highest BCUT2D eigenvalue weighted by Gasteiger charge is 2.22. The third kappa shape index (κ3) is 7.19. The highest BCUT2D eigenvalue weighted by Crippen LogP contribution is 2.32. The number of carbonyl (C=O) groups excluding carboxylic acids is 2. The molecule has 1 N–H and O–H groups in total. The second-order valence-electron chi connectivity index (χ2n) is 7.44. The Labute approximate surface area is 194 Å². The summed E-state index contributed by atoms with van der Waals surface area (Å²) >= 11 is 0. The number of hydrogen-bond acceptors (Lipinski definition) is 7. The molecule has 1 atom stereocenters. The average molecular weight is 479 g/mol. The molecule has 0 aliphatic carbocycles. The minimum absolute atomic E-state index is 0.00392. The maximum Gasteiger partial charge on any atom is 0.339 e. The Morgan fingerprint density at radius 1 is 1.06 bits per heavy atom. The SMILES string of the molecule is CC[C@@H](C)N(Cc1ccc(OC)c(OS(=O)(=O)c2ccc(NC(C)=O)cc2)c1)C(=O)COC. The maximum absolute atomic E-state index is 12.8. The van der Waals surface area contributed by atoms with Gasteiger partial charge in [-0.1, -0.05) is 13.0 Å². The molecule has 0 unspecified atom stereocenters. The van der Waals surface area contributed by atoms with Crippen LogP contribution in [0.1, 0.15) is 32.8 Å². The van der Waals surface area contributed by atoms with Crippen molar-refractivity contribution in [3.8, 4) is 11.5 Å². The third-order valence-corrected chi connectivity index (χ3v) is 6.20. The number of nitrogens with zero attached hydrogens (tertiary/aromatic N) is 1. The summed E-state index contributed by atoms with van der Waals surface area (Å²) in [5.41, 5.74) is 1.14. The summed E-state index contributed by atoms with van der Waals surface area (Å²) in [7, 11) is -1.31. The van der Waals surface area contributed by atoms with Gasteiger partial charge in [-0.15, -0.1) is 0 Å². The molecule has 2 amide bonds. The Kier molecular flexibility index (Phi) is 9.24. The minimum atomic E-state index is -4.18. The van der Waals surface area contributed by atoms with Gasteiger partial charge in [0.05, 0.1) is 7.11 Å². The van der Waals surface area contributed by atoms with Gasteiger partial charge in [0, 0.05) is 32.3 Å². The molecule has 0 aromatic heterocycles. The van der Waals surface area contributed by atoms with E-state index in [1.807, 2.05) is 13.8 Å². The predicted octanol–water partition coefficient (Wildman–Crippen LogP) is 3.19. The summed E-state index contributed by atoms with van der Waals surface area (Å²) in [4.78, 5) is 25.2. The molecule has 0 spiro atoms. The van der Waals surface area contributed by atoms with E-state index in [0.29, 0.717) is 11.3 Å². The van der Waals surface area contributed by atoms with E-state index in [-0.39, 0.29) is 47.4 Å². The third-order valence-electron chi connectivity index (χ3n) is 4.95. The number of ether oxygens (including phenoxy) is 2. The standard InChI is InChI=1S/C23H30N2O7S/c1-6-16(2)25(23(27)15-30-4)14-18-7-12-21(31-5)22(13-18)32-33(28,29)20-10-8-19(9-11-20)24-17(3)26/h7-13,16H,6,14-15H2,1-5H3,(H,24,26)/t16-/m1/s1. The molecule has 0 saturated carbocycles. The Balaban J connectivity index is 2.31. The molecule has 0 aliphatic heterocycles. The lowest BCUT2D eigenvalue weighted by Crippen LogP contribution is -2.39. The largest absolute Gasteiger partial charge is 0.493 e. The number of carbonyl (C=O) groups is 2. The summed E-state index contributed by atoms with van der Waals surface area (Å²) in [5.74, 6) is -0.199. The van der Waals surface area contributed by atoms with Crippen molar-refractivity contribution in [3.05, 3.63) is 48.0 Å². The maximum atomic E-state index is 12.8. The zero-order chi connectivity index (χ0) is 24.6. The van der Waals surface area contributed by atoms with Gasteiger partial charge in [0.15, 0.2) is 11.5 Å². The van der Waals surface area contributed by atoms with Crippen LogP contribution in [0, 0.1) is 0 Å². The first-order valence-electron chi connectivity index (χ1n) is 10.4. The summed E-state index contributed by atoms with van der Waals surface area (Å²) in [5, 5.41) is 2.57. The molecule has 2 aromatic carbocycles. The second kappa shape index (κ2) is 11.7. The molecule has 0 heterocycles. The van der Waals surface area contributed by atoms with Crippen molar-refractivity contribution in [2.24, 2.45) is 0 Å². The van der Waals surface area contributed by atoms with Crippen LogP contribution >= 0.6 is 0 Å². The molecule has 180 valence electrons. The number of methoxy groups -OCH3 is 2. The van der Waals surface area contributed by atoms with Crippen molar-refractivity contribution < 1.29 is 31.7 Å². The fraction of sp³-hybridized carbons (Fsp3) is 0.391. The average Bonchev–Trinajstić information content (AvgIpc) is 2.77. The van der Waals surface area contributed by atoms with Crippen LogP contribution < -0.4 is 14.2 Å². The van der Waals surface area contributed by atoms with Crippen LogP contribution in [0.15, 0.2) is 47.4 Å². The van der Waals surface area contributed by atoms with Crippen LogP contribution in [0.4, 0.5) is 5.69 Å². The quantitative estimate of drug-likeness (QED) is 0.494. The first-order valence-corrected chi connectivity index (χ1v) is 11.8. The highest BCUT2D eigenvalue weighted by molar-refractivity contribution is 7.87. The van der Waals surface area contributed by atoms with Crippen molar-refractivity contribution >= 4 is 27.6 Å². The first kappa shape index (κ1) is 26.1. The van der Waals surface area contributed by atoms with Crippen molar-refractivity contribution in [2.75, 3.05) is 26.1 Å². The molecular weight excluding hydrogens is 448 g/mol. The lowest BCUT2D eigenvalue weighted by atomic mass is 10.1. The Morgan fingerprint density at radius 2 is 1.73 bits per heavy atom. The smallest absolute Gasteiger partial charge is 0.339 e. The lowest BCUT2D eigenvalue weighted by molar-refractivity contribution is -0.138. The molecule has 0 bridgehead atoms. The number of rotatable bonds is 11. The van der Waals surface area contributed by atoms with Gasteiger partial charge in [-0.2, -0.15) is 8.42 Å². The van der Waals surface area contributed by atoms with Crippen molar-refractivity contribution in [3.63, 3.8) is 0 Å². The zero-order valence-electron chi connectivity index (χ0n) is 19.5. The number of anilines is 1. The molecule has 2 aromatic rings. The molecule has 10 heteroatoms. The Bertz CT molecular complexity index is 1070. The van der Waals surface area contributed by atoms with E-state index in [0.717, 1.165) is 6.42 Å². The lowest BCUT2D eigenvalue weighted by Gasteiger charge is -2.28. The molecule has 0 saturated heterocycles. The summed E-state index contributed by atoms with van der Waals surface area (Å²) < 4.78 is 41.3. The van der Waals surface area contributed by atoms with E-state index in [4.69, 9.17) is 13.7 Å². The topological polar surface area (TPSA) is 111 Å². The van der Waals surface area contributed by atoms with Gasteiger partial charge in [0.25, 0.3) is 0 Å². The van der Waals surface area contributed by atoms with E-state index in [9.17, 15) is 18.0 Å². The van der Waals surface area contributed by atoms with E-state index in [1.54, 1.807) is 17.0 Å². The van der Waals surface area contributed by atoms with Gasteiger partial charge in [0.1, 0.15) is 11.5 Å². The Morgan fingerprint density at radius 3 is 2.27 bits per heavy atom. The summed E-state index contributed by atoms with van der Waals surface area (Å²) in [6, 6.07) is 10.5.